The second-order valence-electron chi connectivity index (χ2n) is 3.64. The van der Waals surface area contributed by atoms with Crippen LogP contribution >= 0.6 is 0 Å². The molecule has 1 heterocycles. The first-order valence-corrected chi connectivity index (χ1v) is 4.74. The van der Waals surface area contributed by atoms with E-state index in [4.69, 9.17) is 0 Å². The van der Waals surface area contributed by atoms with Gasteiger partial charge in [0.15, 0.2) is 0 Å². The second kappa shape index (κ2) is 3.29. The fourth-order valence-electron chi connectivity index (χ4n) is 1.82. The fraction of sp³-hybridized carbons (Fsp3) is 0.250. The molecule has 0 saturated heterocycles. The molecule has 14 heavy (non-hydrogen) atoms. The smallest absolute Gasteiger partial charge is 0.231 e. The lowest BCUT2D eigenvalue weighted by molar-refractivity contribution is -0.118. The van der Waals surface area contributed by atoms with Crippen LogP contribution in [0, 0.1) is 12.8 Å². The van der Waals surface area contributed by atoms with E-state index in [0.717, 1.165) is 12.1 Å². The summed E-state index contributed by atoms with van der Waals surface area (Å²) in [7, 11) is 0. The summed E-state index contributed by atoms with van der Waals surface area (Å²) in [5.41, 5.74) is 3.42. The molecule has 1 unspecified atom stereocenters. The second-order valence-corrected chi connectivity index (χ2v) is 3.64. The van der Waals surface area contributed by atoms with Gasteiger partial charge in [-0.1, -0.05) is 18.2 Å². The van der Waals surface area contributed by atoms with Crippen LogP contribution in [0.2, 0.25) is 0 Å². The molecule has 0 saturated carbocycles. The molecule has 1 aromatic rings. The van der Waals surface area contributed by atoms with Crippen molar-refractivity contribution >= 4 is 11.6 Å². The Hall–Kier alpha value is -1.57. The normalized spacial score (nSPS) is 19.8. The molecular formula is C12H13NO. The minimum atomic E-state index is -0.0800. The molecule has 1 N–H and O–H groups in total. The number of amides is 1. The summed E-state index contributed by atoms with van der Waals surface area (Å²) >= 11 is 0. The van der Waals surface area contributed by atoms with E-state index in [1.807, 2.05) is 12.1 Å². The van der Waals surface area contributed by atoms with Crippen LogP contribution in [-0.4, -0.2) is 5.91 Å². The first-order valence-electron chi connectivity index (χ1n) is 4.74. The molecule has 1 aromatic carbocycles. The highest BCUT2D eigenvalue weighted by atomic mass is 16.1. The van der Waals surface area contributed by atoms with Crippen LogP contribution in [0.5, 0.6) is 0 Å². The molecule has 2 heteroatoms. The average molecular weight is 187 g/mol. The van der Waals surface area contributed by atoms with Crippen molar-refractivity contribution < 1.29 is 4.79 Å². The Bertz CT molecular complexity index is 395. The number of hydrogen-bond acceptors (Lipinski definition) is 1. The molecule has 1 aliphatic rings. The maximum absolute atomic E-state index is 11.5. The van der Waals surface area contributed by atoms with Crippen LogP contribution in [0.25, 0.3) is 0 Å². The number of benzene rings is 1. The summed E-state index contributed by atoms with van der Waals surface area (Å²) in [6.45, 7) is 5.74. The van der Waals surface area contributed by atoms with Crippen molar-refractivity contribution in [3.05, 3.63) is 42.0 Å². The van der Waals surface area contributed by atoms with E-state index in [1.54, 1.807) is 6.08 Å². The molecule has 0 spiro atoms. The maximum Gasteiger partial charge on any atom is 0.231 e. The molecule has 0 aliphatic carbocycles. The first-order chi connectivity index (χ1) is 6.72. The van der Waals surface area contributed by atoms with Gasteiger partial charge in [-0.15, -0.1) is 6.58 Å². The molecule has 72 valence electrons. The number of anilines is 1. The Labute approximate surface area is 83.6 Å². The van der Waals surface area contributed by atoms with Crippen LogP contribution in [0.15, 0.2) is 30.9 Å². The van der Waals surface area contributed by atoms with Crippen LogP contribution in [-0.2, 0) is 11.2 Å². The molecule has 1 aliphatic heterocycles. The van der Waals surface area contributed by atoms with Gasteiger partial charge in [0.25, 0.3) is 0 Å². The Morgan fingerprint density at radius 2 is 2.36 bits per heavy atom. The molecule has 0 aromatic heterocycles. The lowest BCUT2D eigenvalue weighted by Crippen LogP contribution is -2.28. The summed E-state index contributed by atoms with van der Waals surface area (Å²) in [4.78, 5) is 11.5. The monoisotopic (exact) mass is 187 g/mol. The number of nitrogens with one attached hydrogen (secondary N) is 1. The van der Waals surface area contributed by atoms with Gasteiger partial charge < -0.3 is 5.32 Å². The molecule has 1 atom stereocenters. The lowest BCUT2D eigenvalue weighted by atomic mass is 9.90. The number of carbonyl (C=O) groups is 1. The third kappa shape index (κ3) is 1.33. The van der Waals surface area contributed by atoms with Gasteiger partial charge in [0.1, 0.15) is 0 Å². The summed E-state index contributed by atoms with van der Waals surface area (Å²) in [5, 5.41) is 2.89. The highest BCUT2D eigenvalue weighted by Crippen LogP contribution is 2.28. The molecule has 2 rings (SSSR count). The molecular weight excluding hydrogens is 174 g/mol. The first kappa shape index (κ1) is 9.00. The SMILES string of the molecule is C=CC1Cc2c(C)cccc2NC1=O. The van der Waals surface area contributed by atoms with Gasteiger partial charge in [-0.2, -0.15) is 0 Å². The number of fused-ring (bicyclic) bond motifs is 1. The van der Waals surface area contributed by atoms with E-state index in [-0.39, 0.29) is 11.8 Å². The standard InChI is InChI=1S/C12H13NO/c1-3-9-7-10-8(2)5-4-6-11(10)13-12(9)14/h3-6,9H,1,7H2,2H3,(H,13,14). The van der Waals surface area contributed by atoms with Gasteiger partial charge in [0, 0.05) is 5.69 Å². The number of hydrogen-bond donors (Lipinski definition) is 1. The zero-order valence-corrected chi connectivity index (χ0v) is 8.21. The minimum Gasteiger partial charge on any atom is -0.325 e. The summed E-state index contributed by atoms with van der Waals surface area (Å²) in [6.07, 6.45) is 2.49. The van der Waals surface area contributed by atoms with Crippen molar-refractivity contribution in [2.24, 2.45) is 5.92 Å². The van der Waals surface area contributed by atoms with E-state index < -0.39 is 0 Å². The predicted octanol–water partition coefficient (Wildman–Crippen LogP) is 2.29. The number of aryl methyl sites for hydroxylation is 1. The highest BCUT2D eigenvalue weighted by molar-refractivity contribution is 5.97. The van der Waals surface area contributed by atoms with Gasteiger partial charge in [0.05, 0.1) is 5.92 Å². The molecule has 0 fully saturated rings. The minimum absolute atomic E-state index is 0.0538. The van der Waals surface area contributed by atoms with Crippen molar-refractivity contribution in [3.8, 4) is 0 Å². The average Bonchev–Trinajstić information content (AvgIpc) is 2.17. The zero-order valence-electron chi connectivity index (χ0n) is 8.21. The Kier molecular flexibility index (Phi) is 2.12. The molecule has 0 bridgehead atoms. The summed E-state index contributed by atoms with van der Waals surface area (Å²) in [6, 6.07) is 5.97. The molecule has 0 radical (unpaired) electrons. The van der Waals surface area contributed by atoms with Crippen LogP contribution < -0.4 is 5.32 Å². The van der Waals surface area contributed by atoms with E-state index in [0.29, 0.717) is 0 Å². The quantitative estimate of drug-likeness (QED) is 0.671. The summed E-state index contributed by atoms with van der Waals surface area (Å²) in [5.74, 6) is -0.0262. The summed E-state index contributed by atoms with van der Waals surface area (Å²) < 4.78 is 0. The van der Waals surface area contributed by atoms with Crippen LogP contribution in [0.3, 0.4) is 0 Å². The fourth-order valence-corrected chi connectivity index (χ4v) is 1.82. The largest absolute Gasteiger partial charge is 0.325 e. The van der Waals surface area contributed by atoms with Crippen molar-refractivity contribution in [2.75, 3.05) is 5.32 Å². The van der Waals surface area contributed by atoms with E-state index in [1.165, 1.54) is 11.1 Å². The zero-order chi connectivity index (χ0) is 10.1. The van der Waals surface area contributed by atoms with Crippen LogP contribution in [0.4, 0.5) is 5.69 Å². The third-order valence-corrected chi connectivity index (χ3v) is 2.71. The van der Waals surface area contributed by atoms with Gasteiger partial charge in [0.2, 0.25) is 5.91 Å². The molecule has 1 amide bonds. The Balaban J connectivity index is 2.45. The van der Waals surface area contributed by atoms with Gasteiger partial charge in [-0.05, 0) is 30.5 Å². The molecule has 2 nitrogen and oxygen atoms in total. The van der Waals surface area contributed by atoms with Crippen LogP contribution in [0.1, 0.15) is 11.1 Å². The van der Waals surface area contributed by atoms with E-state index >= 15 is 0 Å². The Morgan fingerprint density at radius 3 is 3.07 bits per heavy atom. The van der Waals surface area contributed by atoms with Crippen molar-refractivity contribution in [2.45, 2.75) is 13.3 Å². The van der Waals surface area contributed by atoms with E-state index in [9.17, 15) is 4.79 Å². The predicted molar refractivity (Wildman–Crippen MR) is 57.2 cm³/mol. The topological polar surface area (TPSA) is 29.1 Å². The highest BCUT2D eigenvalue weighted by Gasteiger charge is 2.24. The van der Waals surface area contributed by atoms with Crippen molar-refractivity contribution in [1.82, 2.24) is 0 Å². The van der Waals surface area contributed by atoms with Gasteiger partial charge in [-0.25, -0.2) is 0 Å². The lowest BCUT2D eigenvalue weighted by Gasteiger charge is -2.23. The van der Waals surface area contributed by atoms with Crippen molar-refractivity contribution in [3.63, 3.8) is 0 Å². The maximum atomic E-state index is 11.5. The Morgan fingerprint density at radius 1 is 1.57 bits per heavy atom. The van der Waals surface area contributed by atoms with Crippen molar-refractivity contribution in [1.29, 1.82) is 0 Å². The van der Waals surface area contributed by atoms with Gasteiger partial charge in [-0.3, -0.25) is 4.79 Å². The van der Waals surface area contributed by atoms with E-state index in [2.05, 4.69) is 24.9 Å². The number of rotatable bonds is 1. The number of carbonyl (C=O) groups excluding carboxylic acids is 1. The van der Waals surface area contributed by atoms with Gasteiger partial charge >= 0.3 is 0 Å². The third-order valence-electron chi connectivity index (χ3n) is 2.71.